The van der Waals surface area contributed by atoms with E-state index in [0.717, 1.165) is 12.8 Å². The second kappa shape index (κ2) is 5.80. The first-order chi connectivity index (χ1) is 9.09. The van der Waals surface area contributed by atoms with Crippen LogP contribution in [-0.2, 0) is 0 Å². The van der Waals surface area contributed by atoms with Crippen LogP contribution in [0.15, 0.2) is 0 Å². The molecule has 0 aromatic rings. The predicted molar refractivity (Wildman–Crippen MR) is 88.5 cm³/mol. The summed E-state index contributed by atoms with van der Waals surface area (Å²) in [7, 11) is 0. The van der Waals surface area contributed by atoms with Gasteiger partial charge in [0.1, 0.15) is 0 Å². The lowest BCUT2D eigenvalue weighted by Crippen LogP contribution is -2.64. The third-order valence-corrected chi connectivity index (χ3v) is 3.87. The molecule has 1 fully saturated rings. The third-order valence-electron chi connectivity index (χ3n) is 3.87. The van der Waals surface area contributed by atoms with Crippen molar-refractivity contribution in [2.45, 2.75) is 96.6 Å². The molecule has 0 aromatic heterocycles. The molecular weight excluding hydrogens is 264 g/mol. The van der Waals surface area contributed by atoms with Crippen LogP contribution in [0, 0.1) is 0 Å². The van der Waals surface area contributed by atoms with Gasteiger partial charge in [0.05, 0.1) is 11.2 Å². The Bertz CT molecular complexity index is 319. The highest BCUT2D eigenvalue weighted by atomic mass is 16.3. The SMILES string of the molecule is CC(C)(O)CN(CC(C)(C)O)C1CC(C)(C)NC(C)(C)C1. The highest BCUT2D eigenvalue weighted by Gasteiger charge is 2.41. The molecule has 0 spiro atoms. The number of piperidine rings is 1. The Hall–Kier alpha value is -0.160. The number of hydrogen-bond donors (Lipinski definition) is 3. The van der Waals surface area contributed by atoms with Crippen LogP contribution in [0.2, 0.25) is 0 Å². The minimum absolute atomic E-state index is 0.0594. The van der Waals surface area contributed by atoms with Crippen LogP contribution < -0.4 is 5.32 Å². The molecule has 1 heterocycles. The van der Waals surface area contributed by atoms with Crippen LogP contribution in [0.3, 0.4) is 0 Å². The van der Waals surface area contributed by atoms with Gasteiger partial charge in [-0.05, 0) is 68.2 Å². The van der Waals surface area contributed by atoms with Gasteiger partial charge < -0.3 is 15.5 Å². The van der Waals surface area contributed by atoms with Gasteiger partial charge in [-0.3, -0.25) is 4.90 Å². The van der Waals surface area contributed by atoms with Gasteiger partial charge in [0, 0.05) is 30.2 Å². The summed E-state index contributed by atoms with van der Waals surface area (Å²) in [5.74, 6) is 0. The van der Waals surface area contributed by atoms with Crippen LogP contribution >= 0.6 is 0 Å². The molecule has 0 bridgehead atoms. The summed E-state index contributed by atoms with van der Waals surface area (Å²) >= 11 is 0. The summed E-state index contributed by atoms with van der Waals surface area (Å²) in [6.07, 6.45) is 2.03. The average molecular weight is 300 g/mol. The van der Waals surface area contributed by atoms with Crippen molar-refractivity contribution in [2.24, 2.45) is 0 Å². The lowest BCUT2D eigenvalue weighted by Gasteiger charge is -2.51. The maximum atomic E-state index is 10.2. The van der Waals surface area contributed by atoms with E-state index in [1.165, 1.54) is 0 Å². The van der Waals surface area contributed by atoms with Crippen molar-refractivity contribution in [2.75, 3.05) is 13.1 Å². The highest BCUT2D eigenvalue weighted by Crippen LogP contribution is 2.32. The molecule has 1 rings (SSSR count). The Morgan fingerprint density at radius 1 is 0.905 bits per heavy atom. The molecule has 1 aliphatic rings. The Morgan fingerprint density at radius 3 is 1.52 bits per heavy atom. The van der Waals surface area contributed by atoms with E-state index in [9.17, 15) is 10.2 Å². The van der Waals surface area contributed by atoms with Gasteiger partial charge >= 0.3 is 0 Å². The highest BCUT2D eigenvalue weighted by molar-refractivity contribution is 5.01. The van der Waals surface area contributed by atoms with E-state index in [2.05, 4.69) is 37.9 Å². The van der Waals surface area contributed by atoms with Gasteiger partial charge in [-0.2, -0.15) is 0 Å². The van der Waals surface area contributed by atoms with Gasteiger partial charge in [0.2, 0.25) is 0 Å². The Morgan fingerprint density at radius 2 is 1.24 bits per heavy atom. The first-order valence-corrected chi connectivity index (χ1v) is 8.07. The fraction of sp³-hybridized carbons (Fsp3) is 1.00. The molecule has 0 atom stereocenters. The molecule has 0 radical (unpaired) electrons. The predicted octanol–water partition coefficient (Wildman–Crippen LogP) is 2.14. The van der Waals surface area contributed by atoms with E-state index in [1.807, 2.05) is 27.7 Å². The third kappa shape index (κ3) is 7.09. The molecule has 0 amide bonds. The maximum Gasteiger partial charge on any atom is 0.0718 e. The monoisotopic (exact) mass is 300 g/mol. The molecule has 21 heavy (non-hydrogen) atoms. The number of rotatable bonds is 5. The lowest BCUT2D eigenvalue weighted by molar-refractivity contribution is -0.0446. The molecule has 126 valence electrons. The van der Waals surface area contributed by atoms with E-state index in [1.54, 1.807) is 0 Å². The summed E-state index contributed by atoms with van der Waals surface area (Å²) in [6, 6.07) is 0.356. The first kappa shape index (κ1) is 18.9. The van der Waals surface area contributed by atoms with E-state index < -0.39 is 11.2 Å². The van der Waals surface area contributed by atoms with Crippen LogP contribution in [0.4, 0.5) is 0 Å². The molecular formula is C17H36N2O2. The zero-order valence-electron chi connectivity index (χ0n) is 15.2. The Kier molecular flexibility index (Phi) is 5.22. The topological polar surface area (TPSA) is 55.7 Å². The number of hydrogen-bond acceptors (Lipinski definition) is 4. The van der Waals surface area contributed by atoms with Gasteiger partial charge in [-0.15, -0.1) is 0 Å². The van der Waals surface area contributed by atoms with Crippen molar-refractivity contribution in [3.05, 3.63) is 0 Å². The van der Waals surface area contributed by atoms with Crippen LogP contribution in [-0.4, -0.2) is 56.5 Å². The average Bonchev–Trinajstić information content (AvgIpc) is 2.06. The largest absolute Gasteiger partial charge is 0.389 e. The van der Waals surface area contributed by atoms with E-state index in [0.29, 0.717) is 19.1 Å². The van der Waals surface area contributed by atoms with Gasteiger partial charge in [-0.25, -0.2) is 0 Å². The fourth-order valence-electron chi connectivity index (χ4n) is 3.83. The summed E-state index contributed by atoms with van der Waals surface area (Å²) in [6.45, 7) is 17.4. The number of aliphatic hydroxyl groups is 2. The zero-order valence-corrected chi connectivity index (χ0v) is 15.2. The first-order valence-electron chi connectivity index (χ1n) is 8.07. The second-order valence-electron chi connectivity index (χ2n) is 9.48. The molecule has 0 saturated carbocycles. The van der Waals surface area contributed by atoms with Gasteiger partial charge in [-0.1, -0.05) is 0 Å². The molecule has 0 unspecified atom stereocenters. The fourth-order valence-corrected chi connectivity index (χ4v) is 3.83. The van der Waals surface area contributed by atoms with E-state index in [-0.39, 0.29) is 11.1 Å². The smallest absolute Gasteiger partial charge is 0.0718 e. The second-order valence-corrected chi connectivity index (χ2v) is 9.48. The quantitative estimate of drug-likeness (QED) is 0.728. The molecule has 1 saturated heterocycles. The molecule has 3 N–H and O–H groups in total. The number of nitrogens with zero attached hydrogens (tertiary/aromatic N) is 1. The standard InChI is InChI=1S/C17H36N2O2/c1-14(2)9-13(10-15(3,4)18-14)19(11-16(5,6)20)12-17(7,8)21/h13,18,20-21H,9-12H2,1-8H3. The van der Waals surface area contributed by atoms with Crippen molar-refractivity contribution in [1.29, 1.82) is 0 Å². The minimum atomic E-state index is -0.760. The van der Waals surface area contributed by atoms with Gasteiger partial charge in [0.25, 0.3) is 0 Å². The number of nitrogens with one attached hydrogen (secondary N) is 1. The molecule has 4 heteroatoms. The van der Waals surface area contributed by atoms with Crippen molar-refractivity contribution in [3.63, 3.8) is 0 Å². The lowest BCUT2D eigenvalue weighted by atomic mass is 9.78. The maximum absolute atomic E-state index is 10.2. The van der Waals surface area contributed by atoms with Gasteiger partial charge in [0.15, 0.2) is 0 Å². The minimum Gasteiger partial charge on any atom is -0.389 e. The zero-order chi connectivity index (χ0) is 16.7. The van der Waals surface area contributed by atoms with Crippen LogP contribution in [0.1, 0.15) is 68.2 Å². The van der Waals surface area contributed by atoms with Crippen molar-refractivity contribution in [1.82, 2.24) is 10.2 Å². The van der Waals surface area contributed by atoms with E-state index in [4.69, 9.17) is 0 Å². The van der Waals surface area contributed by atoms with Crippen molar-refractivity contribution >= 4 is 0 Å². The molecule has 0 aromatic carbocycles. The summed E-state index contributed by atoms with van der Waals surface area (Å²) < 4.78 is 0. The summed E-state index contributed by atoms with van der Waals surface area (Å²) in [5, 5.41) is 24.2. The Balaban J connectivity index is 2.96. The summed E-state index contributed by atoms with van der Waals surface area (Å²) in [5.41, 5.74) is -1.40. The van der Waals surface area contributed by atoms with Crippen molar-refractivity contribution in [3.8, 4) is 0 Å². The van der Waals surface area contributed by atoms with Crippen molar-refractivity contribution < 1.29 is 10.2 Å². The molecule has 4 nitrogen and oxygen atoms in total. The van der Waals surface area contributed by atoms with E-state index >= 15 is 0 Å². The normalized spacial score (nSPS) is 23.6. The molecule has 1 aliphatic heterocycles. The van der Waals surface area contributed by atoms with Crippen LogP contribution in [0.25, 0.3) is 0 Å². The Labute approximate surface area is 130 Å². The van der Waals surface area contributed by atoms with Crippen LogP contribution in [0.5, 0.6) is 0 Å². The molecule has 0 aliphatic carbocycles. The summed E-state index contributed by atoms with van der Waals surface area (Å²) in [4.78, 5) is 2.27.